The predicted molar refractivity (Wildman–Crippen MR) is 87.2 cm³/mol. The summed E-state index contributed by atoms with van der Waals surface area (Å²) in [5.41, 5.74) is 1.18. The molecule has 2 atom stereocenters. The van der Waals surface area contributed by atoms with E-state index in [1.165, 1.54) is 0 Å². The molecule has 4 rings (SSSR count). The molecule has 5 nitrogen and oxygen atoms in total. The Morgan fingerprint density at radius 3 is 2.74 bits per heavy atom. The van der Waals surface area contributed by atoms with Crippen LogP contribution in [-0.2, 0) is 17.9 Å². The van der Waals surface area contributed by atoms with E-state index in [9.17, 15) is 9.59 Å². The van der Waals surface area contributed by atoms with Gasteiger partial charge in [-0.2, -0.15) is 0 Å². The highest BCUT2D eigenvalue weighted by atomic mass is 16.2. The molecule has 0 unspecified atom stereocenters. The Bertz CT molecular complexity index is 763. The molecule has 5 heteroatoms. The van der Waals surface area contributed by atoms with E-state index in [4.69, 9.17) is 0 Å². The molecule has 0 aliphatic carbocycles. The normalized spacial score (nSPS) is 22.7. The first-order valence-corrected chi connectivity index (χ1v) is 8.29. The number of carbonyl (C=O) groups is 1. The van der Waals surface area contributed by atoms with Crippen LogP contribution in [0.5, 0.6) is 0 Å². The van der Waals surface area contributed by atoms with Gasteiger partial charge in [0.1, 0.15) is 0 Å². The number of aromatic nitrogens is 2. The summed E-state index contributed by atoms with van der Waals surface area (Å²) in [6, 6.07) is 9.46. The summed E-state index contributed by atoms with van der Waals surface area (Å²) in [4.78, 5) is 26.6. The van der Waals surface area contributed by atoms with Crippen molar-refractivity contribution >= 4 is 5.91 Å². The number of pyridine rings is 1. The van der Waals surface area contributed by atoms with E-state index in [0.29, 0.717) is 18.3 Å². The van der Waals surface area contributed by atoms with Gasteiger partial charge in [0.25, 0.3) is 5.56 Å². The van der Waals surface area contributed by atoms with Gasteiger partial charge in [0.15, 0.2) is 0 Å². The summed E-state index contributed by atoms with van der Waals surface area (Å²) in [5.74, 6) is 0.920. The number of nitrogens with zero attached hydrogens (tertiary/aromatic N) is 3. The second-order valence-electron chi connectivity index (χ2n) is 6.67. The van der Waals surface area contributed by atoms with Gasteiger partial charge in [-0.1, -0.05) is 6.07 Å². The third kappa shape index (κ3) is 2.71. The van der Waals surface area contributed by atoms with Crippen molar-refractivity contribution in [2.75, 3.05) is 13.1 Å². The van der Waals surface area contributed by atoms with Crippen LogP contribution in [0.15, 0.2) is 47.5 Å². The summed E-state index contributed by atoms with van der Waals surface area (Å²) in [7, 11) is 0. The number of carbonyl (C=O) groups excluding carboxylic acids is 1. The lowest BCUT2D eigenvalue weighted by Crippen LogP contribution is -2.49. The highest BCUT2D eigenvalue weighted by molar-refractivity contribution is 5.76. The zero-order valence-electron chi connectivity index (χ0n) is 13.1. The van der Waals surface area contributed by atoms with E-state index in [1.807, 2.05) is 50.7 Å². The van der Waals surface area contributed by atoms with E-state index in [2.05, 4.69) is 0 Å². The number of piperidine rings is 1. The molecule has 2 aliphatic heterocycles. The molecule has 2 aromatic rings. The second-order valence-corrected chi connectivity index (χ2v) is 6.67. The minimum absolute atomic E-state index is 0.0876. The third-order valence-corrected chi connectivity index (χ3v) is 5.08. The maximum Gasteiger partial charge on any atom is 0.250 e. The molecule has 1 fully saturated rings. The van der Waals surface area contributed by atoms with Crippen LogP contribution in [0.4, 0.5) is 0 Å². The molecule has 120 valence electrons. The molecule has 2 aromatic heterocycles. The van der Waals surface area contributed by atoms with Gasteiger partial charge in [-0.3, -0.25) is 9.59 Å². The number of likely N-dealkylation sites (tertiary alicyclic amines) is 1. The Kier molecular flexibility index (Phi) is 3.56. The van der Waals surface area contributed by atoms with Gasteiger partial charge in [-0.15, -0.1) is 0 Å². The topological polar surface area (TPSA) is 47.2 Å². The Hall–Kier alpha value is -2.30. The molecule has 0 spiro atoms. The summed E-state index contributed by atoms with van der Waals surface area (Å²) >= 11 is 0. The van der Waals surface area contributed by atoms with Gasteiger partial charge in [0.2, 0.25) is 5.91 Å². The zero-order valence-corrected chi connectivity index (χ0v) is 13.1. The van der Waals surface area contributed by atoms with Crippen LogP contribution in [-0.4, -0.2) is 33.0 Å². The Balaban J connectivity index is 1.47. The van der Waals surface area contributed by atoms with Gasteiger partial charge >= 0.3 is 0 Å². The van der Waals surface area contributed by atoms with E-state index >= 15 is 0 Å². The fourth-order valence-corrected chi connectivity index (χ4v) is 4.00. The number of hydrogen-bond donors (Lipinski definition) is 0. The van der Waals surface area contributed by atoms with E-state index in [1.54, 1.807) is 6.07 Å². The summed E-state index contributed by atoms with van der Waals surface area (Å²) in [6.45, 7) is 2.99. The van der Waals surface area contributed by atoms with Crippen LogP contribution in [0.25, 0.3) is 0 Å². The van der Waals surface area contributed by atoms with Crippen LogP contribution < -0.4 is 5.56 Å². The summed E-state index contributed by atoms with van der Waals surface area (Å²) < 4.78 is 3.94. The first kappa shape index (κ1) is 14.3. The van der Waals surface area contributed by atoms with Crippen molar-refractivity contribution < 1.29 is 4.79 Å². The number of rotatable bonds is 3. The van der Waals surface area contributed by atoms with Gasteiger partial charge < -0.3 is 14.0 Å². The fourth-order valence-electron chi connectivity index (χ4n) is 4.00. The number of aryl methyl sites for hydroxylation is 1. The first-order valence-electron chi connectivity index (χ1n) is 8.29. The van der Waals surface area contributed by atoms with Gasteiger partial charge in [0, 0.05) is 62.7 Å². The number of hydrogen-bond acceptors (Lipinski definition) is 2. The smallest absolute Gasteiger partial charge is 0.250 e. The van der Waals surface area contributed by atoms with Crippen LogP contribution in [0.2, 0.25) is 0 Å². The van der Waals surface area contributed by atoms with Crippen molar-refractivity contribution in [3.05, 3.63) is 58.8 Å². The molecular weight excluding hydrogens is 290 g/mol. The SMILES string of the molecule is O=C(CCn1cccc1)N1C[C@H]2C[C@@H](C1)c1cccc(=O)n1C2. The van der Waals surface area contributed by atoms with E-state index < -0.39 is 0 Å². The predicted octanol–water partition coefficient (Wildman–Crippen LogP) is 1.69. The standard InChI is InChI=1S/C18H21N3O2/c22-17(6-9-19-7-1-2-8-19)20-11-14-10-15(13-20)16-4-3-5-18(23)21(16)12-14/h1-5,7-8,14-15H,6,9-13H2/t14-,15+/m1/s1. The van der Waals surface area contributed by atoms with Crippen LogP contribution in [0.1, 0.15) is 24.5 Å². The molecule has 0 saturated carbocycles. The van der Waals surface area contributed by atoms with E-state index in [0.717, 1.165) is 38.3 Å². The molecule has 0 radical (unpaired) electrons. The maximum absolute atomic E-state index is 12.5. The van der Waals surface area contributed by atoms with Gasteiger partial charge in [-0.05, 0) is 30.5 Å². The Morgan fingerprint density at radius 2 is 1.91 bits per heavy atom. The first-order chi connectivity index (χ1) is 11.2. The maximum atomic E-state index is 12.5. The largest absolute Gasteiger partial charge is 0.354 e. The molecule has 0 N–H and O–H groups in total. The zero-order chi connectivity index (χ0) is 15.8. The minimum Gasteiger partial charge on any atom is -0.354 e. The average Bonchev–Trinajstić information content (AvgIpc) is 3.07. The van der Waals surface area contributed by atoms with Crippen molar-refractivity contribution in [1.82, 2.24) is 14.0 Å². The van der Waals surface area contributed by atoms with Crippen molar-refractivity contribution in [1.29, 1.82) is 0 Å². The van der Waals surface area contributed by atoms with Gasteiger partial charge in [0.05, 0.1) is 0 Å². The van der Waals surface area contributed by atoms with Crippen LogP contribution >= 0.6 is 0 Å². The molecule has 1 amide bonds. The number of amides is 1. The molecule has 23 heavy (non-hydrogen) atoms. The molecule has 2 bridgehead atoms. The van der Waals surface area contributed by atoms with Gasteiger partial charge in [-0.25, -0.2) is 0 Å². The lowest BCUT2D eigenvalue weighted by Gasteiger charge is -2.42. The van der Waals surface area contributed by atoms with Crippen LogP contribution in [0.3, 0.4) is 0 Å². The lowest BCUT2D eigenvalue weighted by molar-refractivity contribution is -0.134. The molecular formula is C18H21N3O2. The van der Waals surface area contributed by atoms with Crippen molar-refractivity contribution in [2.45, 2.75) is 31.8 Å². The fraction of sp³-hybridized carbons (Fsp3) is 0.444. The van der Waals surface area contributed by atoms with Crippen molar-refractivity contribution in [3.8, 4) is 0 Å². The highest BCUT2D eigenvalue weighted by Crippen LogP contribution is 2.35. The summed E-state index contributed by atoms with van der Waals surface area (Å²) in [5, 5.41) is 0. The van der Waals surface area contributed by atoms with Crippen molar-refractivity contribution in [2.24, 2.45) is 5.92 Å². The second kappa shape index (κ2) is 5.72. The summed E-state index contributed by atoms with van der Waals surface area (Å²) in [6.07, 6.45) is 5.60. The molecule has 4 heterocycles. The quantitative estimate of drug-likeness (QED) is 0.866. The minimum atomic E-state index is 0.0876. The highest BCUT2D eigenvalue weighted by Gasteiger charge is 2.35. The molecule has 2 aliphatic rings. The van der Waals surface area contributed by atoms with E-state index in [-0.39, 0.29) is 11.5 Å². The number of fused-ring (bicyclic) bond motifs is 4. The monoisotopic (exact) mass is 311 g/mol. The Morgan fingerprint density at radius 1 is 1.09 bits per heavy atom. The molecule has 0 aromatic carbocycles. The Labute approximate surface area is 135 Å². The van der Waals surface area contributed by atoms with Crippen molar-refractivity contribution in [3.63, 3.8) is 0 Å². The lowest BCUT2D eigenvalue weighted by atomic mass is 9.83. The third-order valence-electron chi connectivity index (χ3n) is 5.08. The van der Waals surface area contributed by atoms with Crippen LogP contribution in [0, 0.1) is 5.92 Å². The molecule has 1 saturated heterocycles. The average molecular weight is 311 g/mol.